The molecule has 1 aromatic carbocycles. The number of hydrogen-bond acceptors (Lipinski definition) is 6. The molecule has 27 heavy (non-hydrogen) atoms. The summed E-state index contributed by atoms with van der Waals surface area (Å²) in [5, 5.41) is 13.9. The fourth-order valence-corrected chi connectivity index (χ4v) is 4.86. The summed E-state index contributed by atoms with van der Waals surface area (Å²) in [6.45, 7) is 5.57. The first-order valence-corrected chi connectivity index (χ1v) is 10.7. The summed E-state index contributed by atoms with van der Waals surface area (Å²) in [6.07, 6.45) is 1.45. The Hall–Kier alpha value is -2.06. The Bertz CT molecular complexity index is 837. The van der Waals surface area contributed by atoms with Crippen molar-refractivity contribution >= 4 is 40.7 Å². The van der Waals surface area contributed by atoms with E-state index in [1.54, 1.807) is 5.38 Å². The number of aromatic nitrogens is 1. The van der Waals surface area contributed by atoms with Crippen molar-refractivity contribution in [1.82, 2.24) is 9.88 Å². The Morgan fingerprint density at radius 2 is 2.22 bits per heavy atom. The molecule has 1 amide bonds. The number of carbonyl (C=O) groups is 2. The van der Waals surface area contributed by atoms with E-state index in [4.69, 9.17) is 5.11 Å². The summed E-state index contributed by atoms with van der Waals surface area (Å²) in [5.41, 5.74) is 3.68. The van der Waals surface area contributed by atoms with Gasteiger partial charge in [-0.2, -0.15) is 0 Å². The first kappa shape index (κ1) is 19.7. The lowest BCUT2D eigenvalue weighted by atomic mass is 10.1. The molecule has 1 fully saturated rings. The van der Waals surface area contributed by atoms with E-state index >= 15 is 0 Å². The number of anilines is 1. The van der Waals surface area contributed by atoms with Crippen molar-refractivity contribution in [2.45, 2.75) is 37.1 Å². The van der Waals surface area contributed by atoms with Gasteiger partial charge in [-0.3, -0.25) is 4.79 Å². The lowest BCUT2D eigenvalue weighted by Gasteiger charge is -2.25. The number of hydrogen-bond donors (Lipinski definition) is 2. The third-order valence-electron chi connectivity index (χ3n) is 4.76. The van der Waals surface area contributed by atoms with Gasteiger partial charge in [0.05, 0.1) is 0 Å². The smallest absolute Gasteiger partial charge is 0.355 e. The zero-order valence-electron chi connectivity index (χ0n) is 15.4. The Labute approximate surface area is 167 Å². The zero-order chi connectivity index (χ0) is 19.4. The lowest BCUT2D eigenvalue weighted by Crippen LogP contribution is -2.39. The Morgan fingerprint density at radius 1 is 1.41 bits per heavy atom. The molecular formula is C19H23N3O3S2. The van der Waals surface area contributed by atoms with E-state index in [2.05, 4.69) is 42.3 Å². The van der Waals surface area contributed by atoms with Gasteiger partial charge in [-0.1, -0.05) is 17.8 Å². The molecule has 0 unspecified atom stereocenters. The van der Waals surface area contributed by atoms with E-state index in [1.807, 2.05) is 4.90 Å². The lowest BCUT2D eigenvalue weighted by molar-refractivity contribution is -0.128. The van der Waals surface area contributed by atoms with Gasteiger partial charge in [-0.25, -0.2) is 9.78 Å². The molecule has 8 heteroatoms. The summed E-state index contributed by atoms with van der Waals surface area (Å²) in [7, 11) is 0. The predicted octanol–water partition coefficient (Wildman–Crippen LogP) is 3.65. The van der Waals surface area contributed by atoms with Crippen LogP contribution in [0.3, 0.4) is 0 Å². The molecular weight excluding hydrogens is 382 g/mol. The molecule has 1 aliphatic heterocycles. The van der Waals surface area contributed by atoms with Crippen LogP contribution in [0.25, 0.3) is 0 Å². The number of aromatic carboxylic acids is 1. The second-order valence-electron chi connectivity index (χ2n) is 6.61. The number of aryl methyl sites for hydroxylation is 2. The van der Waals surface area contributed by atoms with Gasteiger partial charge in [0.25, 0.3) is 0 Å². The van der Waals surface area contributed by atoms with Crippen molar-refractivity contribution in [2.75, 3.05) is 24.2 Å². The molecule has 1 saturated heterocycles. The van der Waals surface area contributed by atoms with Crippen LogP contribution in [0.5, 0.6) is 0 Å². The molecule has 3 rings (SSSR count). The van der Waals surface area contributed by atoms with Gasteiger partial charge in [-0.05, 0) is 43.5 Å². The van der Waals surface area contributed by atoms with Crippen LogP contribution in [0.1, 0.15) is 34.5 Å². The highest BCUT2D eigenvalue weighted by Crippen LogP contribution is 2.25. The van der Waals surface area contributed by atoms with Crippen LogP contribution in [0.2, 0.25) is 0 Å². The number of nitrogens with one attached hydrogen (secondary N) is 1. The Kier molecular flexibility index (Phi) is 6.38. The highest BCUT2D eigenvalue weighted by Gasteiger charge is 2.30. The van der Waals surface area contributed by atoms with Crippen molar-refractivity contribution in [2.24, 2.45) is 0 Å². The van der Waals surface area contributed by atoms with Gasteiger partial charge in [0, 0.05) is 42.4 Å². The van der Waals surface area contributed by atoms with Crippen molar-refractivity contribution in [3.05, 3.63) is 40.4 Å². The molecule has 0 aliphatic carbocycles. The van der Waals surface area contributed by atoms with E-state index in [0.717, 1.165) is 23.0 Å². The van der Waals surface area contributed by atoms with Crippen LogP contribution in [-0.2, 0) is 4.79 Å². The summed E-state index contributed by atoms with van der Waals surface area (Å²) < 4.78 is 0.726. The van der Waals surface area contributed by atoms with Crippen LogP contribution in [0, 0.1) is 13.8 Å². The average Bonchev–Trinajstić information content (AvgIpc) is 3.24. The fourth-order valence-electron chi connectivity index (χ4n) is 3.05. The first-order chi connectivity index (χ1) is 12.9. The molecule has 1 aliphatic rings. The average molecular weight is 406 g/mol. The van der Waals surface area contributed by atoms with E-state index in [1.165, 1.54) is 34.2 Å². The first-order valence-electron chi connectivity index (χ1n) is 8.86. The van der Waals surface area contributed by atoms with E-state index < -0.39 is 5.97 Å². The van der Waals surface area contributed by atoms with Gasteiger partial charge < -0.3 is 15.3 Å². The minimum absolute atomic E-state index is 0.0789. The summed E-state index contributed by atoms with van der Waals surface area (Å²) in [4.78, 5) is 29.1. The molecule has 1 aromatic heterocycles. The van der Waals surface area contributed by atoms with Gasteiger partial charge >= 0.3 is 5.97 Å². The number of rotatable bonds is 8. The van der Waals surface area contributed by atoms with E-state index in [0.29, 0.717) is 18.7 Å². The van der Waals surface area contributed by atoms with Crippen molar-refractivity contribution in [3.8, 4) is 0 Å². The number of amides is 1. The number of carboxylic acid groups (broad SMARTS) is 1. The van der Waals surface area contributed by atoms with Crippen LogP contribution in [-0.4, -0.2) is 51.8 Å². The zero-order valence-corrected chi connectivity index (χ0v) is 17.0. The van der Waals surface area contributed by atoms with Crippen molar-refractivity contribution < 1.29 is 14.7 Å². The largest absolute Gasteiger partial charge is 0.476 e. The van der Waals surface area contributed by atoms with Crippen LogP contribution in [0.15, 0.2) is 27.9 Å². The maximum absolute atomic E-state index is 12.2. The van der Waals surface area contributed by atoms with Gasteiger partial charge in [0.1, 0.15) is 0 Å². The Morgan fingerprint density at radius 3 is 2.93 bits per heavy atom. The second kappa shape index (κ2) is 8.75. The monoisotopic (exact) mass is 405 g/mol. The number of thioether (sulfide) groups is 1. The van der Waals surface area contributed by atoms with Crippen LogP contribution < -0.4 is 5.32 Å². The number of benzene rings is 1. The van der Waals surface area contributed by atoms with Crippen molar-refractivity contribution in [1.29, 1.82) is 0 Å². The van der Waals surface area contributed by atoms with Gasteiger partial charge in [-0.15, -0.1) is 11.3 Å². The van der Waals surface area contributed by atoms with E-state index in [9.17, 15) is 9.59 Å². The van der Waals surface area contributed by atoms with Crippen molar-refractivity contribution in [3.63, 3.8) is 0 Å². The van der Waals surface area contributed by atoms with Crippen LogP contribution >= 0.6 is 23.1 Å². The summed E-state index contributed by atoms with van der Waals surface area (Å²) in [6, 6.07) is 6.49. The quantitative estimate of drug-likeness (QED) is 0.653. The summed E-state index contributed by atoms with van der Waals surface area (Å²) >= 11 is 2.82. The topological polar surface area (TPSA) is 82.5 Å². The molecule has 0 bridgehead atoms. The molecule has 1 atom stereocenters. The number of nitrogens with zero attached hydrogens (tertiary/aromatic N) is 2. The molecule has 0 spiro atoms. The molecule has 144 valence electrons. The summed E-state index contributed by atoms with van der Waals surface area (Å²) in [5.74, 6) is -0.114. The third-order valence-corrected chi connectivity index (χ3v) is 6.76. The minimum atomic E-state index is -1.01. The fraction of sp³-hybridized carbons (Fsp3) is 0.421. The standard InChI is InChI=1S/C19H23N3O3S2/c1-12-3-4-14(9-13(12)2)20-10-15-5-6-17(23)22(15)7-8-26-19-21-16(11-27-19)18(24)25/h3-4,9,11,15,20H,5-8,10H2,1-2H3,(H,24,25)/t15-/m1/s1. The molecule has 2 N–H and O–H groups in total. The van der Waals surface area contributed by atoms with Gasteiger partial charge in [0.2, 0.25) is 5.91 Å². The number of carboxylic acids is 1. The van der Waals surface area contributed by atoms with Gasteiger partial charge in [0.15, 0.2) is 10.0 Å². The molecule has 0 saturated carbocycles. The number of likely N-dealkylation sites (tertiary alicyclic amines) is 1. The Balaban J connectivity index is 1.51. The SMILES string of the molecule is Cc1ccc(NC[C@H]2CCC(=O)N2CCSc2nc(C(=O)O)cs2)cc1C. The number of thiazole rings is 1. The normalized spacial score (nSPS) is 16.7. The maximum atomic E-state index is 12.2. The minimum Gasteiger partial charge on any atom is -0.476 e. The third kappa shape index (κ3) is 5.01. The second-order valence-corrected chi connectivity index (χ2v) is 8.81. The molecule has 0 radical (unpaired) electrons. The number of carbonyl (C=O) groups excluding carboxylic acids is 1. The maximum Gasteiger partial charge on any atom is 0.355 e. The molecule has 6 nitrogen and oxygen atoms in total. The highest BCUT2D eigenvalue weighted by atomic mass is 32.2. The highest BCUT2D eigenvalue weighted by molar-refractivity contribution is 8.01. The van der Waals surface area contributed by atoms with E-state index in [-0.39, 0.29) is 17.6 Å². The molecule has 2 heterocycles. The molecule has 2 aromatic rings. The predicted molar refractivity (Wildman–Crippen MR) is 109 cm³/mol. The van der Waals surface area contributed by atoms with Crippen LogP contribution in [0.4, 0.5) is 5.69 Å².